The van der Waals surface area contributed by atoms with Gasteiger partial charge in [0.2, 0.25) is 11.6 Å². The summed E-state index contributed by atoms with van der Waals surface area (Å²) >= 11 is 0. The fourth-order valence-electron chi connectivity index (χ4n) is 3.33. The standard InChI is InChI=1S/C18H10N2O6/c1-26-18(23)13-10-6-2-3-8-19(10)15-14(13)17(22)12-9(16(15)21)5-4-7-11(12)20(24)25/h2-8H,1H3. The minimum absolute atomic E-state index is 0.000928. The molecule has 2 aromatic heterocycles. The summed E-state index contributed by atoms with van der Waals surface area (Å²) in [5, 5.41) is 11.3. The molecule has 26 heavy (non-hydrogen) atoms. The highest BCUT2D eigenvalue weighted by molar-refractivity contribution is 6.32. The topological polar surface area (TPSA) is 108 Å². The molecule has 1 aliphatic rings. The van der Waals surface area contributed by atoms with E-state index in [9.17, 15) is 24.5 Å². The average Bonchev–Trinajstić information content (AvgIpc) is 3.00. The molecule has 0 bridgehead atoms. The average molecular weight is 350 g/mol. The molecule has 0 fully saturated rings. The van der Waals surface area contributed by atoms with E-state index in [4.69, 9.17) is 4.74 Å². The largest absolute Gasteiger partial charge is 0.465 e. The van der Waals surface area contributed by atoms with Crippen LogP contribution in [0.15, 0.2) is 42.6 Å². The van der Waals surface area contributed by atoms with Gasteiger partial charge in [-0.1, -0.05) is 12.1 Å². The molecule has 8 heteroatoms. The van der Waals surface area contributed by atoms with Crippen molar-refractivity contribution in [3.63, 3.8) is 0 Å². The molecule has 2 heterocycles. The van der Waals surface area contributed by atoms with Gasteiger partial charge in [-0.05, 0) is 18.2 Å². The van der Waals surface area contributed by atoms with Gasteiger partial charge in [0.25, 0.3) is 5.69 Å². The first-order chi connectivity index (χ1) is 12.5. The summed E-state index contributed by atoms with van der Waals surface area (Å²) in [6.07, 6.45) is 1.55. The number of carbonyl (C=O) groups excluding carboxylic acids is 3. The van der Waals surface area contributed by atoms with Crippen molar-refractivity contribution < 1.29 is 24.0 Å². The van der Waals surface area contributed by atoms with E-state index < -0.39 is 28.1 Å². The number of aromatic nitrogens is 1. The fourth-order valence-corrected chi connectivity index (χ4v) is 3.33. The van der Waals surface area contributed by atoms with Gasteiger partial charge < -0.3 is 9.14 Å². The van der Waals surface area contributed by atoms with E-state index in [1.54, 1.807) is 24.4 Å². The third kappa shape index (κ3) is 1.86. The Morgan fingerprint density at radius 2 is 1.85 bits per heavy atom. The van der Waals surface area contributed by atoms with Gasteiger partial charge in [0, 0.05) is 17.8 Å². The monoisotopic (exact) mass is 350 g/mol. The van der Waals surface area contributed by atoms with Crippen LogP contribution in [0, 0.1) is 10.1 Å². The van der Waals surface area contributed by atoms with Crippen molar-refractivity contribution in [3.8, 4) is 0 Å². The van der Waals surface area contributed by atoms with E-state index in [2.05, 4.69) is 0 Å². The molecule has 3 aromatic rings. The Balaban J connectivity index is 2.16. The Kier molecular flexibility index (Phi) is 3.23. The lowest BCUT2D eigenvalue weighted by molar-refractivity contribution is -0.385. The van der Waals surface area contributed by atoms with Gasteiger partial charge in [-0.25, -0.2) is 4.79 Å². The highest BCUT2D eigenvalue weighted by Crippen LogP contribution is 2.37. The molecule has 0 atom stereocenters. The molecule has 0 amide bonds. The lowest BCUT2D eigenvalue weighted by Crippen LogP contribution is -2.24. The lowest BCUT2D eigenvalue weighted by Gasteiger charge is -2.15. The summed E-state index contributed by atoms with van der Waals surface area (Å²) in [5.74, 6) is -2.10. The normalized spacial score (nSPS) is 12.7. The van der Waals surface area contributed by atoms with Gasteiger partial charge in [-0.3, -0.25) is 19.7 Å². The number of benzene rings is 1. The number of fused-ring (bicyclic) bond motifs is 4. The van der Waals surface area contributed by atoms with Crippen molar-refractivity contribution in [2.75, 3.05) is 7.11 Å². The number of nitro benzene ring substituents is 1. The number of carbonyl (C=O) groups is 3. The molecule has 8 nitrogen and oxygen atoms in total. The van der Waals surface area contributed by atoms with Crippen LogP contribution >= 0.6 is 0 Å². The van der Waals surface area contributed by atoms with Crippen molar-refractivity contribution in [2.24, 2.45) is 0 Å². The van der Waals surface area contributed by atoms with Crippen molar-refractivity contribution in [1.29, 1.82) is 0 Å². The Morgan fingerprint density at radius 1 is 1.08 bits per heavy atom. The van der Waals surface area contributed by atoms with Gasteiger partial charge in [0.1, 0.15) is 11.3 Å². The third-order valence-electron chi connectivity index (χ3n) is 4.39. The van der Waals surface area contributed by atoms with Gasteiger partial charge in [-0.15, -0.1) is 0 Å². The third-order valence-corrected chi connectivity index (χ3v) is 4.39. The lowest BCUT2D eigenvalue weighted by atomic mass is 9.85. The number of esters is 1. The van der Waals surface area contributed by atoms with Crippen molar-refractivity contribution in [3.05, 3.63) is 80.7 Å². The van der Waals surface area contributed by atoms with E-state index in [-0.39, 0.29) is 27.9 Å². The Hall–Kier alpha value is -3.81. The van der Waals surface area contributed by atoms with E-state index in [0.29, 0.717) is 5.52 Å². The number of pyridine rings is 1. The number of rotatable bonds is 2. The van der Waals surface area contributed by atoms with E-state index in [1.165, 1.54) is 16.5 Å². The Bertz CT molecular complexity index is 1160. The van der Waals surface area contributed by atoms with Crippen molar-refractivity contribution in [1.82, 2.24) is 4.40 Å². The molecule has 0 spiro atoms. The van der Waals surface area contributed by atoms with Crippen molar-refractivity contribution in [2.45, 2.75) is 0 Å². The van der Waals surface area contributed by atoms with Crippen molar-refractivity contribution >= 4 is 28.7 Å². The van der Waals surface area contributed by atoms with E-state index >= 15 is 0 Å². The SMILES string of the molecule is COC(=O)c1c2c(n3ccccc13)C(=O)c1cccc([N+](=O)[O-])c1C2=O. The second-order valence-electron chi connectivity index (χ2n) is 5.66. The highest BCUT2D eigenvalue weighted by Gasteiger charge is 2.41. The molecular formula is C18H10N2O6. The number of nitrogens with zero attached hydrogens (tertiary/aromatic N) is 2. The molecule has 1 aromatic carbocycles. The molecule has 0 saturated heterocycles. The maximum absolute atomic E-state index is 13.1. The number of methoxy groups -OCH3 is 1. The predicted octanol–water partition coefficient (Wildman–Crippen LogP) is 2.41. The van der Waals surface area contributed by atoms with Gasteiger partial charge in [0.05, 0.1) is 28.7 Å². The maximum Gasteiger partial charge on any atom is 0.340 e. The predicted molar refractivity (Wildman–Crippen MR) is 88.7 cm³/mol. The van der Waals surface area contributed by atoms with E-state index in [0.717, 1.165) is 13.2 Å². The first-order valence-corrected chi connectivity index (χ1v) is 7.55. The summed E-state index contributed by atoms with van der Waals surface area (Å²) in [6.45, 7) is 0. The fraction of sp³-hybridized carbons (Fsp3) is 0.0556. The molecular weight excluding hydrogens is 340 g/mol. The number of ether oxygens (including phenoxy) is 1. The van der Waals surface area contributed by atoms with Gasteiger partial charge in [-0.2, -0.15) is 0 Å². The van der Waals surface area contributed by atoms with Crippen LogP contribution < -0.4 is 0 Å². The summed E-state index contributed by atoms with van der Waals surface area (Å²) in [5.41, 5.74) is -0.773. The molecule has 1 aliphatic carbocycles. The molecule has 128 valence electrons. The zero-order valence-corrected chi connectivity index (χ0v) is 13.4. The molecule has 0 radical (unpaired) electrons. The molecule has 0 unspecified atom stereocenters. The number of ketones is 2. The van der Waals surface area contributed by atoms with Crippen LogP contribution in [0.3, 0.4) is 0 Å². The van der Waals surface area contributed by atoms with Crippen LogP contribution in [0.25, 0.3) is 5.52 Å². The quantitative estimate of drug-likeness (QED) is 0.312. The first kappa shape index (κ1) is 15.7. The molecule has 0 aliphatic heterocycles. The second-order valence-corrected chi connectivity index (χ2v) is 5.66. The van der Waals surface area contributed by atoms with Gasteiger partial charge >= 0.3 is 5.97 Å². The number of nitro groups is 1. The number of hydrogen-bond acceptors (Lipinski definition) is 6. The highest BCUT2D eigenvalue weighted by atomic mass is 16.6. The Morgan fingerprint density at radius 3 is 2.54 bits per heavy atom. The van der Waals surface area contributed by atoms with Crippen LogP contribution in [0.1, 0.15) is 42.3 Å². The molecule has 0 saturated carbocycles. The minimum atomic E-state index is -0.793. The first-order valence-electron chi connectivity index (χ1n) is 7.55. The smallest absolute Gasteiger partial charge is 0.340 e. The zero-order valence-electron chi connectivity index (χ0n) is 13.4. The van der Waals surface area contributed by atoms with E-state index in [1.807, 2.05) is 0 Å². The van der Waals surface area contributed by atoms with Crippen LogP contribution in [0.5, 0.6) is 0 Å². The van der Waals surface area contributed by atoms with Crippen LogP contribution in [-0.2, 0) is 4.74 Å². The van der Waals surface area contributed by atoms with Gasteiger partial charge in [0.15, 0.2) is 0 Å². The zero-order chi connectivity index (χ0) is 18.6. The summed E-state index contributed by atoms with van der Waals surface area (Å²) < 4.78 is 6.20. The van der Waals surface area contributed by atoms with Crippen LogP contribution in [0.2, 0.25) is 0 Å². The summed E-state index contributed by atoms with van der Waals surface area (Å²) in [7, 11) is 1.16. The van der Waals surface area contributed by atoms with Crippen LogP contribution in [-0.4, -0.2) is 34.0 Å². The summed E-state index contributed by atoms with van der Waals surface area (Å²) in [6, 6.07) is 8.75. The molecule has 4 rings (SSSR count). The van der Waals surface area contributed by atoms with Crippen LogP contribution in [0.4, 0.5) is 5.69 Å². The Labute approximate surface area is 145 Å². The molecule has 0 N–H and O–H groups in total. The summed E-state index contributed by atoms with van der Waals surface area (Å²) in [4.78, 5) is 49.1. The second kappa shape index (κ2) is 5.35. The minimum Gasteiger partial charge on any atom is -0.465 e. The maximum atomic E-state index is 13.1. The number of hydrogen-bond donors (Lipinski definition) is 0.